The molecule has 0 aliphatic rings. The van der Waals surface area contributed by atoms with E-state index in [1.807, 2.05) is 6.07 Å². The van der Waals surface area contributed by atoms with Gasteiger partial charge in [0.15, 0.2) is 0 Å². The van der Waals surface area contributed by atoms with Gasteiger partial charge in [-0.15, -0.1) is 0 Å². The molecule has 0 unspecified atom stereocenters. The van der Waals surface area contributed by atoms with Crippen molar-refractivity contribution in [3.8, 4) is 0 Å². The molecular weight excluding hydrogens is 254 g/mol. The molecule has 0 bridgehead atoms. The van der Waals surface area contributed by atoms with Gasteiger partial charge in [0.2, 0.25) is 0 Å². The van der Waals surface area contributed by atoms with Crippen LogP contribution in [0.15, 0.2) is 34.8 Å². The summed E-state index contributed by atoms with van der Waals surface area (Å²) in [6, 6.07) is 10.2. The number of nitrogens with one attached hydrogen (secondary N) is 1. The summed E-state index contributed by atoms with van der Waals surface area (Å²) in [5, 5.41) is 6.79. The Labute approximate surface area is 96.8 Å². The third-order valence-corrected chi connectivity index (χ3v) is 2.78. The van der Waals surface area contributed by atoms with Crippen LogP contribution in [-0.4, -0.2) is 10.2 Å². The van der Waals surface area contributed by atoms with Gasteiger partial charge in [-0.3, -0.25) is 5.10 Å². The molecule has 1 heterocycles. The lowest BCUT2D eigenvalue weighted by Gasteiger charge is -1.99. The van der Waals surface area contributed by atoms with Gasteiger partial charge in [0.1, 0.15) is 5.82 Å². The second kappa shape index (κ2) is 4.49. The number of nitrogens with zero attached hydrogens (tertiary/aromatic N) is 1. The van der Waals surface area contributed by atoms with Crippen LogP contribution in [0, 0.1) is 0 Å². The highest BCUT2D eigenvalue weighted by atomic mass is 79.9. The lowest BCUT2D eigenvalue weighted by Crippen LogP contribution is -1.91. The molecule has 3 N–H and O–H groups in total. The molecule has 0 atom stereocenters. The predicted molar refractivity (Wildman–Crippen MR) is 64.6 cm³/mol. The standard InChI is InChI=1S/C11H12BrN3/c12-9-4-1-8(2-5-9)3-6-10-7-11(13)15-14-10/h1-2,4-5,7H,3,6H2,(H3,13,14,15). The molecule has 78 valence electrons. The third-order valence-electron chi connectivity index (χ3n) is 2.25. The maximum atomic E-state index is 5.52. The molecule has 1 aromatic heterocycles. The van der Waals surface area contributed by atoms with Crippen LogP contribution >= 0.6 is 15.9 Å². The number of halogens is 1. The Bertz CT molecular complexity index is 433. The first-order chi connectivity index (χ1) is 7.24. The van der Waals surface area contributed by atoms with Crippen LogP contribution in [0.3, 0.4) is 0 Å². The largest absolute Gasteiger partial charge is 0.382 e. The number of aromatic nitrogens is 2. The van der Waals surface area contributed by atoms with Gasteiger partial charge in [0.05, 0.1) is 0 Å². The zero-order valence-corrected chi connectivity index (χ0v) is 9.79. The van der Waals surface area contributed by atoms with Crippen LogP contribution in [0.4, 0.5) is 5.82 Å². The number of nitrogen functional groups attached to an aromatic ring is 1. The van der Waals surface area contributed by atoms with Crippen LogP contribution in [0.25, 0.3) is 0 Å². The van der Waals surface area contributed by atoms with Gasteiger partial charge in [-0.25, -0.2) is 0 Å². The molecule has 0 saturated heterocycles. The van der Waals surface area contributed by atoms with E-state index in [2.05, 4.69) is 50.4 Å². The SMILES string of the molecule is Nc1cc(CCc2ccc(Br)cc2)[nH]n1. The van der Waals surface area contributed by atoms with Gasteiger partial charge in [0, 0.05) is 16.2 Å². The number of H-pyrrole nitrogens is 1. The summed E-state index contributed by atoms with van der Waals surface area (Å²) in [6.07, 6.45) is 1.93. The number of aryl methyl sites for hydroxylation is 2. The fourth-order valence-electron chi connectivity index (χ4n) is 1.44. The highest BCUT2D eigenvalue weighted by Gasteiger charge is 1.98. The van der Waals surface area contributed by atoms with E-state index in [1.54, 1.807) is 0 Å². The van der Waals surface area contributed by atoms with Crippen molar-refractivity contribution in [2.75, 3.05) is 5.73 Å². The third kappa shape index (κ3) is 2.83. The molecule has 15 heavy (non-hydrogen) atoms. The molecule has 2 aromatic rings. The van der Waals surface area contributed by atoms with Gasteiger partial charge >= 0.3 is 0 Å². The van der Waals surface area contributed by atoms with Crippen molar-refractivity contribution in [2.24, 2.45) is 0 Å². The van der Waals surface area contributed by atoms with E-state index in [0.29, 0.717) is 5.82 Å². The van der Waals surface area contributed by atoms with E-state index in [9.17, 15) is 0 Å². The molecule has 0 amide bonds. The van der Waals surface area contributed by atoms with Crippen molar-refractivity contribution < 1.29 is 0 Å². The van der Waals surface area contributed by atoms with Gasteiger partial charge in [-0.1, -0.05) is 28.1 Å². The molecule has 0 aliphatic heterocycles. The Morgan fingerprint density at radius 1 is 1.20 bits per heavy atom. The summed E-state index contributed by atoms with van der Waals surface area (Å²) >= 11 is 3.41. The Morgan fingerprint density at radius 3 is 2.53 bits per heavy atom. The molecule has 0 fully saturated rings. The lowest BCUT2D eigenvalue weighted by atomic mass is 10.1. The highest BCUT2D eigenvalue weighted by Crippen LogP contribution is 2.12. The summed E-state index contributed by atoms with van der Waals surface area (Å²) in [5.74, 6) is 0.556. The Hall–Kier alpha value is -1.29. The molecule has 4 heteroatoms. The van der Waals surface area contributed by atoms with Crippen LogP contribution < -0.4 is 5.73 Å². The molecule has 0 spiro atoms. The quantitative estimate of drug-likeness (QED) is 0.896. The summed E-state index contributed by atoms with van der Waals surface area (Å²) in [5.41, 5.74) is 7.91. The van der Waals surface area contributed by atoms with E-state index >= 15 is 0 Å². The first-order valence-corrected chi connectivity index (χ1v) is 5.57. The predicted octanol–water partition coefficient (Wildman–Crippen LogP) is 2.54. The summed E-state index contributed by atoms with van der Waals surface area (Å²) < 4.78 is 1.11. The number of aromatic amines is 1. The van der Waals surface area contributed by atoms with Crippen molar-refractivity contribution in [1.29, 1.82) is 0 Å². The zero-order valence-electron chi connectivity index (χ0n) is 8.20. The monoisotopic (exact) mass is 265 g/mol. The minimum atomic E-state index is 0.556. The second-order valence-electron chi connectivity index (χ2n) is 3.44. The molecular formula is C11H12BrN3. The number of hydrogen-bond acceptors (Lipinski definition) is 2. The normalized spacial score (nSPS) is 10.5. The van der Waals surface area contributed by atoms with Gasteiger partial charge < -0.3 is 5.73 Å². The lowest BCUT2D eigenvalue weighted by molar-refractivity contribution is 0.893. The van der Waals surface area contributed by atoms with Gasteiger partial charge in [0.25, 0.3) is 0 Å². The first kappa shape index (κ1) is 10.2. The van der Waals surface area contributed by atoms with Crippen molar-refractivity contribution in [2.45, 2.75) is 12.8 Å². The Morgan fingerprint density at radius 2 is 1.93 bits per heavy atom. The van der Waals surface area contributed by atoms with Gasteiger partial charge in [-0.05, 0) is 30.5 Å². The number of nitrogens with two attached hydrogens (primary N) is 1. The number of hydrogen-bond donors (Lipinski definition) is 2. The molecule has 2 rings (SSSR count). The van der Waals surface area contributed by atoms with Crippen LogP contribution in [0.1, 0.15) is 11.3 Å². The van der Waals surface area contributed by atoms with Crippen LogP contribution in [0.5, 0.6) is 0 Å². The Kier molecular flexibility index (Phi) is 3.06. The number of benzene rings is 1. The average Bonchev–Trinajstić information content (AvgIpc) is 2.64. The minimum absolute atomic E-state index is 0.556. The molecule has 0 radical (unpaired) electrons. The zero-order chi connectivity index (χ0) is 10.7. The molecule has 3 nitrogen and oxygen atoms in total. The summed E-state index contributed by atoms with van der Waals surface area (Å²) in [6.45, 7) is 0. The van der Waals surface area contributed by atoms with Crippen LogP contribution in [0.2, 0.25) is 0 Å². The molecule has 0 aliphatic carbocycles. The maximum Gasteiger partial charge on any atom is 0.145 e. The maximum absolute atomic E-state index is 5.52. The number of anilines is 1. The molecule has 0 saturated carbocycles. The van der Waals surface area contributed by atoms with Crippen LogP contribution in [-0.2, 0) is 12.8 Å². The van der Waals surface area contributed by atoms with E-state index in [4.69, 9.17) is 5.73 Å². The van der Waals surface area contributed by atoms with E-state index in [-0.39, 0.29) is 0 Å². The fourth-order valence-corrected chi connectivity index (χ4v) is 1.70. The average molecular weight is 266 g/mol. The highest BCUT2D eigenvalue weighted by molar-refractivity contribution is 9.10. The Balaban J connectivity index is 1.96. The van der Waals surface area contributed by atoms with E-state index in [0.717, 1.165) is 23.0 Å². The van der Waals surface area contributed by atoms with Crippen molar-refractivity contribution >= 4 is 21.7 Å². The second-order valence-corrected chi connectivity index (χ2v) is 4.36. The van der Waals surface area contributed by atoms with E-state index < -0.39 is 0 Å². The summed E-state index contributed by atoms with van der Waals surface area (Å²) in [4.78, 5) is 0. The first-order valence-electron chi connectivity index (χ1n) is 4.78. The van der Waals surface area contributed by atoms with Gasteiger partial charge in [-0.2, -0.15) is 5.10 Å². The van der Waals surface area contributed by atoms with E-state index in [1.165, 1.54) is 5.56 Å². The van der Waals surface area contributed by atoms with Crippen molar-refractivity contribution in [3.05, 3.63) is 46.1 Å². The van der Waals surface area contributed by atoms with Crippen molar-refractivity contribution in [3.63, 3.8) is 0 Å². The minimum Gasteiger partial charge on any atom is -0.382 e. The smallest absolute Gasteiger partial charge is 0.145 e. The van der Waals surface area contributed by atoms with Crippen molar-refractivity contribution in [1.82, 2.24) is 10.2 Å². The summed E-state index contributed by atoms with van der Waals surface area (Å²) in [7, 11) is 0. The number of rotatable bonds is 3. The topological polar surface area (TPSA) is 54.7 Å². The molecule has 1 aromatic carbocycles. The fraction of sp³-hybridized carbons (Fsp3) is 0.182.